The number of nitrogens with zero attached hydrogens (tertiary/aromatic N) is 5. The zero-order valence-corrected chi connectivity index (χ0v) is 14.0. The van der Waals surface area contributed by atoms with Crippen LogP contribution < -0.4 is 0 Å². The number of likely N-dealkylation sites (tertiary alicyclic amines) is 1. The van der Waals surface area contributed by atoms with E-state index in [1.54, 1.807) is 17.2 Å². The summed E-state index contributed by atoms with van der Waals surface area (Å²) in [7, 11) is 1.83. The van der Waals surface area contributed by atoms with Gasteiger partial charge in [-0.3, -0.25) is 14.5 Å². The fourth-order valence-electron chi connectivity index (χ4n) is 3.25. The third-order valence-corrected chi connectivity index (χ3v) is 4.62. The number of pyridine rings is 1. The first-order valence-electron chi connectivity index (χ1n) is 8.36. The van der Waals surface area contributed by atoms with Gasteiger partial charge in [0.15, 0.2) is 5.82 Å². The predicted octanol–water partition coefficient (Wildman–Crippen LogP) is 2.51. The average molecular weight is 333 g/mol. The second-order valence-corrected chi connectivity index (χ2v) is 6.34. The second-order valence-electron chi connectivity index (χ2n) is 6.34. The Morgan fingerprint density at radius 1 is 1.20 bits per heavy atom. The van der Waals surface area contributed by atoms with Gasteiger partial charge in [0, 0.05) is 49.6 Å². The molecule has 0 bridgehead atoms. The Balaban J connectivity index is 1.46. The van der Waals surface area contributed by atoms with Gasteiger partial charge in [0.05, 0.1) is 0 Å². The van der Waals surface area contributed by atoms with Gasteiger partial charge in [-0.25, -0.2) is 4.98 Å². The summed E-state index contributed by atoms with van der Waals surface area (Å²) >= 11 is 0. The lowest BCUT2D eigenvalue weighted by molar-refractivity contribution is 0.0791. The number of hydrogen-bond acceptors (Lipinski definition) is 4. The molecule has 1 amide bonds. The molecule has 126 valence electrons. The van der Waals surface area contributed by atoms with Gasteiger partial charge in [-0.15, -0.1) is 0 Å². The Morgan fingerprint density at radius 3 is 2.72 bits per heavy atom. The molecule has 2 aromatic heterocycles. The number of benzene rings is 1. The Labute approximate surface area is 146 Å². The number of hydrogen-bond donors (Lipinski definition) is 0. The van der Waals surface area contributed by atoms with Crippen molar-refractivity contribution in [3.8, 4) is 11.4 Å². The van der Waals surface area contributed by atoms with E-state index in [2.05, 4.69) is 21.1 Å². The van der Waals surface area contributed by atoms with E-state index < -0.39 is 0 Å². The molecule has 4 rings (SSSR count). The number of aromatic nitrogens is 4. The van der Waals surface area contributed by atoms with Gasteiger partial charge in [0.25, 0.3) is 5.91 Å². The van der Waals surface area contributed by atoms with E-state index in [0.29, 0.717) is 17.3 Å². The number of carbonyl (C=O) groups is 1. The summed E-state index contributed by atoms with van der Waals surface area (Å²) in [5, 5.41) is 4.28. The molecule has 0 saturated carbocycles. The first-order valence-corrected chi connectivity index (χ1v) is 8.36. The topological polar surface area (TPSA) is 63.9 Å². The summed E-state index contributed by atoms with van der Waals surface area (Å²) in [6, 6.07) is 11.5. The zero-order chi connectivity index (χ0) is 17.2. The minimum atomic E-state index is 0.0759. The smallest absolute Gasteiger partial charge is 0.253 e. The van der Waals surface area contributed by atoms with Crippen molar-refractivity contribution in [1.29, 1.82) is 0 Å². The second kappa shape index (κ2) is 6.47. The maximum absolute atomic E-state index is 12.8. The standard InChI is InChI=1S/C19H19N5O/c1-23-13-21-18(22-23)14-4-6-15(7-5-14)19(25)24-10-8-17(12-24)16-3-2-9-20-11-16/h2-7,9,11,13,17H,8,10,12H2,1H3. The van der Waals surface area contributed by atoms with Crippen LogP contribution in [0.3, 0.4) is 0 Å². The summed E-state index contributed by atoms with van der Waals surface area (Å²) in [4.78, 5) is 23.1. The van der Waals surface area contributed by atoms with E-state index in [9.17, 15) is 4.79 Å². The zero-order valence-electron chi connectivity index (χ0n) is 14.0. The minimum absolute atomic E-state index is 0.0759. The van der Waals surface area contributed by atoms with Crippen molar-refractivity contribution in [2.45, 2.75) is 12.3 Å². The Hall–Kier alpha value is -3.02. The summed E-state index contributed by atoms with van der Waals surface area (Å²) < 4.78 is 1.66. The van der Waals surface area contributed by atoms with Crippen molar-refractivity contribution < 1.29 is 4.79 Å². The van der Waals surface area contributed by atoms with Crippen molar-refractivity contribution in [3.63, 3.8) is 0 Å². The van der Waals surface area contributed by atoms with Crippen LogP contribution in [0.4, 0.5) is 0 Å². The van der Waals surface area contributed by atoms with Crippen LogP contribution in [-0.4, -0.2) is 43.6 Å². The highest BCUT2D eigenvalue weighted by Gasteiger charge is 2.28. The van der Waals surface area contributed by atoms with Gasteiger partial charge >= 0.3 is 0 Å². The molecule has 3 heterocycles. The fourth-order valence-corrected chi connectivity index (χ4v) is 3.25. The molecule has 6 heteroatoms. The molecule has 1 saturated heterocycles. The molecule has 1 atom stereocenters. The molecule has 1 unspecified atom stereocenters. The number of amides is 1. The van der Waals surface area contributed by atoms with Gasteiger partial charge in [-0.2, -0.15) is 5.10 Å². The Bertz CT molecular complexity index is 872. The molecular weight excluding hydrogens is 314 g/mol. The highest BCUT2D eigenvalue weighted by atomic mass is 16.2. The maximum Gasteiger partial charge on any atom is 0.253 e. The third kappa shape index (κ3) is 3.15. The molecule has 3 aromatic rings. The van der Waals surface area contributed by atoms with E-state index >= 15 is 0 Å². The van der Waals surface area contributed by atoms with Gasteiger partial charge in [-0.05, 0) is 30.2 Å². The molecule has 0 spiro atoms. The highest BCUT2D eigenvalue weighted by molar-refractivity contribution is 5.94. The first kappa shape index (κ1) is 15.5. The van der Waals surface area contributed by atoms with Crippen molar-refractivity contribution in [1.82, 2.24) is 24.6 Å². The summed E-state index contributed by atoms with van der Waals surface area (Å²) in [5.41, 5.74) is 2.81. The molecule has 0 N–H and O–H groups in total. The Morgan fingerprint density at radius 2 is 2.04 bits per heavy atom. The fraction of sp³-hybridized carbons (Fsp3) is 0.263. The van der Waals surface area contributed by atoms with Crippen LogP contribution >= 0.6 is 0 Å². The van der Waals surface area contributed by atoms with Gasteiger partial charge in [0.1, 0.15) is 6.33 Å². The van der Waals surface area contributed by atoms with Gasteiger partial charge in [-0.1, -0.05) is 18.2 Å². The SMILES string of the molecule is Cn1cnc(-c2ccc(C(=O)N3CCC(c4cccnc4)C3)cc2)n1. The van der Waals surface area contributed by atoms with Crippen LogP contribution in [0.1, 0.15) is 28.3 Å². The lowest BCUT2D eigenvalue weighted by Crippen LogP contribution is -2.28. The molecule has 6 nitrogen and oxygen atoms in total. The summed E-state index contributed by atoms with van der Waals surface area (Å²) in [6.45, 7) is 1.52. The molecule has 1 aliphatic rings. The van der Waals surface area contributed by atoms with E-state index in [0.717, 1.165) is 25.1 Å². The minimum Gasteiger partial charge on any atom is -0.338 e. The molecule has 1 aromatic carbocycles. The van der Waals surface area contributed by atoms with Crippen LogP contribution in [-0.2, 0) is 7.05 Å². The van der Waals surface area contributed by atoms with Crippen LogP contribution in [0.2, 0.25) is 0 Å². The van der Waals surface area contributed by atoms with Crippen LogP contribution in [0.25, 0.3) is 11.4 Å². The van der Waals surface area contributed by atoms with Crippen LogP contribution in [0.15, 0.2) is 55.1 Å². The summed E-state index contributed by atoms with van der Waals surface area (Å²) in [6.07, 6.45) is 6.32. The summed E-state index contributed by atoms with van der Waals surface area (Å²) in [5.74, 6) is 1.11. The van der Waals surface area contributed by atoms with E-state index in [4.69, 9.17) is 0 Å². The quantitative estimate of drug-likeness (QED) is 0.739. The Kier molecular flexibility index (Phi) is 4.01. The number of rotatable bonds is 3. The lowest BCUT2D eigenvalue weighted by atomic mass is 10.0. The maximum atomic E-state index is 12.8. The molecule has 0 aliphatic carbocycles. The highest BCUT2D eigenvalue weighted by Crippen LogP contribution is 2.27. The normalized spacial score (nSPS) is 17.0. The van der Waals surface area contributed by atoms with E-state index in [1.807, 2.05) is 48.5 Å². The molecule has 1 aliphatic heterocycles. The van der Waals surface area contributed by atoms with Crippen LogP contribution in [0.5, 0.6) is 0 Å². The largest absolute Gasteiger partial charge is 0.338 e. The van der Waals surface area contributed by atoms with Gasteiger partial charge in [0.2, 0.25) is 0 Å². The van der Waals surface area contributed by atoms with Crippen molar-refractivity contribution in [3.05, 3.63) is 66.2 Å². The lowest BCUT2D eigenvalue weighted by Gasteiger charge is -2.17. The van der Waals surface area contributed by atoms with Crippen LogP contribution in [0, 0.1) is 0 Å². The molecule has 25 heavy (non-hydrogen) atoms. The number of carbonyl (C=O) groups excluding carboxylic acids is 1. The average Bonchev–Trinajstić information content (AvgIpc) is 3.31. The van der Waals surface area contributed by atoms with E-state index in [1.165, 1.54) is 5.56 Å². The van der Waals surface area contributed by atoms with Crippen molar-refractivity contribution >= 4 is 5.91 Å². The monoisotopic (exact) mass is 333 g/mol. The molecule has 0 radical (unpaired) electrons. The third-order valence-electron chi connectivity index (χ3n) is 4.62. The first-order chi connectivity index (χ1) is 12.2. The van der Waals surface area contributed by atoms with Crippen molar-refractivity contribution in [2.75, 3.05) is 13.1 Å². The number of aryl methyl sites for hydroxylation is 1. The predicted molar refractivity (Wildman–Crippen MR) is 93.9 cm³/mol. The molecule has 1 fully saturated rings. The van der Waals surface area contributed by atoms with Gasteiger partial charge < -0.3 is 4.90 Å². The molecular formula is C19H19N5O. The van der Waals surface area contributed by atoms with Crippen molar-refractivity contribution in [2.24, 2.45) is 7.05 Å². The van der Waals surface area contributed by atoms with E-state index in [-0.39, 0.29) is 5.91 Å².